The van der Waals surface area contributed by atoms with E-state index in [0.717, 1.165) is 5.56 Å². The molecule has 2 aromatic rings. The van der Waals surface area contributed by atoms with Crippen LogP contribution in [-0.4, -0.2) is 16.5 Å². The smallest absolute Gasteiger partial charge is 0.269 e. The van der Waals surface area contributed by atoms with Crippen molar-refractivity contribution in [3.8, 4) is 5.75 Å². The molecule has 5 nitrogen and oxygen atoms in total. The summed E-state index contributed by atoms with van der Waals surface area (Å²) in [6.07, 6.45) is 2.39. The Morgan fingerprint density at radius 1 is 1.21 bits per heavy atom. The molecule has 6 heteroatoms. The summed E-state index contributed by atoms with van der Waals surface area (Å²) in [6, 6.07) is 9.60. The minimum absolute atomic E-state index is 0.0502. The van der Waals surface area contributed by atoms with Crippen molar-refractivity contribution in [2.24, 2.45) is 0 Å². The Bertz CT molecular complexity index is 555. The van der Waals surface area contributed by atoms with Crippen molar-refractivity contribution in [3.63, 3.8) is 0 Å². The summed E-state index contributed by atoms with van der Waals surface area (Å²) >= 11 is 5.68. The highest BCUT2D eigenvalue weighted by Gasteiger charge is 2.04. The summed E-state index contributed by atoms with van der Waals surface area (Å²) in [5.74, 6) is 0.604. The number of nitrogens with zero attached hydrogens (tertiary/aromatic N) is 2. The molecule has 0 spiro atoms. The molecule has 0 N–H and O–H groups in total. The van der Waals surface area contributed by atoms with E-state index in [4.69, 9.17) is 16.3 Å². The number of rotatable bonds is 5. The van der Waals surface area contributed by atoms with Gasteiger partial charge in [-0.15, -0.1) is 0 Å². The van der Waals surface area contributed by atoms with Crippen LogP contribution in [0.25, 0.3) is 0 Å². The summed E-state index contributed by atoms with van der Waals surface area (Å²) in [6.45, 7) is 0.473. The highest BCUT2D eigenvalue weighted by molar-refractivity contribution is 6.29. The molecule has 0 aliphatic carbocycles. The number of nitro groups is 1. The van der Waals surface area contributed by atoms with Gasteiger partial charge >= 0.3 is 0 Å². The van der Waals surface area contributed by atoms with Gasteiger partial charge in [-0.25, -0.2) is 4.98 Å². The van der Waals surface area contributed by atoms with Gasteiger partial charge < -0.3 is 4.74 Å². The zero-order valence-corrected chi connectivity index (χ0v) is 10.7. The number of aromatic nitrogens is 1. The fraction of sp³-hybridized carbons (Fsp3) is 0.154. The SMILES string of the molecule is O=[N+]([O-])c1ccc(OCCc2ccc(Cl)nc2)cc1. The topological polar surface area (TPSA) is 65.3 Å². The van der Waals surface area contributed by atoms with E-state index >= 15 is 0 Å². The first kappa shape index (κ1) is 13.3. The maximum absolute atomic E-state index is 10.5. The minimum Gasteiger partial charge on any atom is -0.493 e. The zero-order valence-electron chi connectivity index (χ0n) is 9.95. The first-order valence-electron chi connectivity index (χ1n) is 5.63. The van der Waals surface area contributed by atoms with E-state index in [9.17, 15) is 10.1 Å². The molecule has 0 bridgehead atoms. The molecule has 0 aliphatic heterocycles. The van der Waals surface area contributed by atoms with Crippen LogP contribution in [0.5, 0.6) is 5.75 Å². The summed E-state index contributed by atoms with van der Waals surface area (Å²) < 4.78 is 5.49. The first-order chi connectivity index (χ1) is 9.15. The van der Waals surface area contributed by atoms with Crippen molar-refractivity contribution in [3.05, 3.63) is 63.4 Å². The molecule has 0 fully saturated rings. The average molecular weight is 279 g/mol. The molecule has 19 heavy (non-hydrogen) atoms. The van der Waals surface area contributed by atoms with Crippen LogP contribution in [0.2, 0.25) is 5.15 Å². The van der Waals surface area contributed by atoms with Gasteiger partial charge in [-0.05, 0) is 23.8 Å². The van der Waals surface area contributed by atoms with Gasteiger partial charge in [-0.1, -0.05) is 17.7 Å². The van der Waals surface area contributed by atoms with E-state index in [1.807, 2.05) is 6.07 Å². The Hall–Kier alpha value is -2.14. The van der Waals surface area contributed by atoms with Crippen molar-refractivity contribution in [1.29, 1.82) is 0 Å². The molecule has 2 rings (SSSR count). The van der Waals surface area contributed by atoms with E-state index in [2.05, 4.69) is 4.98 Å². The molecule has 0 radical (unpaired) electrons. The maximum Gasteiger partial charge on any atom is 0.269 e. The molecular formula is C13H11ClN2O3. The van der Waals surface area contributed by atoms with Crippen LogP contribution in [0, 0.1) is 10.1 Å². The van der Waals surface area contributed by atoms with Crippen LogP contribution in [0.4, 0.5) is 5.69 Å². The normalized spacial score (nSPS) is 10.2. The zero-order chi connectivity index (χ0) is 13.7. The van der Waals surface area contributed by atoms with E-state index in [0.29, 0.717) is 23.9 Å². The van der Waals surface area contributed by atoms with Crippen molar-refractivity contribution in [1.82, 2.24) is 4.98 Å². The first-order valence-corrected chi connectivity index (χ1v) is 6.00. The number of halogens is 1. The fourth-order valence-electron chi connectivity index (χ4n) is 1.51. The van der Waals surface area contributed by atoms with Crippen molar-refractivity contribution in [2.75, 3.05) is 6.61 Å². The van der Waals surface area contributed by atoms with E-state index in [-0.39, 0.29) is 5.69 Å². The van der Waals surface area contributed by atoms with Gasteiger partial charge in [0.05, 0.1) is 11.5 Å². The molecule has 0 saturated carbocycles. The minimum atomic E-state index is -0.441. The fourth-order valence-corrected chi connectivity index (χ4v) is 1.62. The highest BCUT2D eigenvalue weighted by Crippen LogP contribution is 2.17. The van der Waals surface area contributed by atoms with Crippen LogP contribution in [-0.2, 0) is 6.42 Å². The molecule has 0 unspecified atom stereocenters. The number of ether oxygens (including phenoxy) is 1. The molecule has 1 aromatic heterocycles. The van der Waals surface area contributed by atoms with Crippen molar-refractivity contribution < 1.29 is 9.66 Å². The van der Waals surface area contributed by atoms with Crippen molar-refractivity contribution >= 4 is 17.3 Å². The van der Waals surface area contributed by atoms with Crippen LogP contribution < -0.4 is 4.74 Å². The molecule has 0 amide bonds. The lowest BCUT2D eigenvalue weighted by Gasteiger charge is -2.05. The number of hydrogen-bond acceptors (Lipinski definition) is 4. The summed E-state index contributed by atoms with van der Waals surface area (Å²) in [7, 11) is 0. The third kappa shape index (κ3) is 3.93. The summed E-state index contributed by atoms with van der Waals surface area (Å²) in [5.41, 5.74) is 1.07. The highest BCUT2D eigenvalue weighted by atomic mass is 35.5. The van der Waals surface area contributed by atoms with E-state index < -0.39 is 4.92 Å². The van der Waals surface area contributed by atoms with Gasteiger partial charge in [0, 0.05) is 24.8 Å². The molecule has 0 atom stereocenters. The summed E-state index contributed by atoms with van der Waals surface area (Å²) in [4.78, 5) is 14.0. The van der Waals surface area contributed by atoms with E-state index in [1.54, 1.807) is 24.4 Å². The van der Waals surface area contributed by atoms with Gasteiger partial charge in [-0.2, -0.15) is 0 Å². The quantitative estimate of drug-likeness (QED) is 0.478. The Labute approximate surface area is 115 Å². The number of hydrogen-bond donors (Lipinski definition) is 0. The van der Waals surface area contributed by atoms with Gasteiger partial charge in [0.15, 0.2) is 0 Å². The third-order valence-corrected chi connectivity index (χ3v) is 2.72. The average Bonchev–Trinajstić information content (AvgIpc) is 2.41. The number of nitro benzene ring substituents is 1. The van der Waals surface area contributed by atoms with Crippen LogP contribution in [0.3, 0.4) is 0 Å². The predicted octanol–water partition coefficient (Wildman–Crippen LogP) is 3.26. The Morgan fingerprint density at radius 3 is 2.53 bits per heavy atom. The monoisotopic (exact) mass is 278 g/mol. The van der Waals surface area contributed by atoms with Crippen LogP contribution >= 0.6 is 11.6 Å². The van der Waals surface area contributed by atoms with Crippen molar-refractivity contribution in [2.45, 2.75) is 6.42 Å². The predicted molar refractivity (Wildman–Crippen MR) is 71.5 cm³/mol. The molecule has 1 aromatic carbocycles. The third-order valence-electron chi connectivity index (χ3n) is 2.50. The summed E-state index contributed by atoms with van der Waals surface area (Å²) in [5, 5.41) is 10.9. The van der Waals surface area contributed by atoms with Gasteiger partial charge in [0.25, 0.3) is 5.69 Å². The Balaban J connectivity index is 1.85. The second kappa shape index (κ2) is 6.15. The van der Waals surface area contributed by atoms with Gasteiger partial charge in [0.2, 0.25) is 0 Å². The second-order valence-corrected chi connectivity index (χ2v) is 4.23. The number of pyridine rings is 1. The largest absolute Gasteiger partial charge is 0.493 e. The standard InChI is InChI=1S/C13H11ClN2O3/c14-13-6-1-10(9-15-13)7-8-19-12-4-2-11(3-5-12)16(17)18/h1-6,9H,7-8H2. The van der Waals surface area contributed by atoms with Gasteiger partial charge in [0.1, 0.15) is 10.9 Å². The Kier molecular flexibility index (Phi) is 4.30. The lowest BCUT2D eigenvalue weighted by molar-refractivity contribution is -0.384. The second-order valence-electron chi connectivity index (χ2n) is 3.84. The number of benzene rings is 1. The Morgan fingerprint density at radius 2 is 1.95 bits per heavy atom. The van der Waals surface area contributed by atoms with Crippen LogP contribution in [0.1, 0.15) is 5.56 Å². The lowest BCUT2D eigenvalue weighted by Crippen LogP contribution is -2.01. The molecule has 0 aliphatic rings. The molecule has 1 heterocycles. The maximum atomic E-state index is 10.5. The van der Waals surface area contributed by atoms with Crippen LogP contribution in [0.15, 0.2) is 42.6 Å². The molecule has 0 saturated heterocycles. The van der Waals surface area contributed by atoms with Gasteiger partial charge in [-0.3, -0.25) is 10.1 Å². The number of non-ortho nitro benzene ring substituents is 1. The molecular weight excluding hydrogens is 268 g/mol. The molecule has 98 valence electrons. The lowest BCUT2D eigenvalue weighted by atomic mass is 10.2. The van der Waals surface area contributed by atoms with E-state index in [1.165, 1.54) is 12.1 Å².